The van der Waals surface area contributed by atoms with Crippen LogP contribution in [0.1, 0.15) is 17.8 Å². The van der Waals surface area contributed by atoms with Gasteiger partial charge in [0.05, 0.1) is 22.8 Å². The van der Waals surface area contributed by atoms with E-state index < -0.39 is 10.1 Å². The van der Waals surface area contributed by atoms with Gasteiger partial charge in [0.25, 0.3) is 10.1 Å². The van der Waals surface area contributed by atoms with Crippen LogP contribution in [0.15, 0.2) is 0 Å². The Balaban J connectivity index is 2.63. The van der Waals surface area contributed by atoms with Crippen LogP contribution in [0, 0.1) is 13.8 Å². The number of hydrogen-bond acceptors (Lipinski definition) is 4. The Bertz CT molecular complexity index is 450. The molecule has 1 aromatic rings. The van der Waals surface area contributed by atoms with E-state index >= 15 is 0 Å². The fraction of sp³-hybridized carbons (Fsp3) is 0.625. The van der Waals surface area contributed by atoms with Gasteiger partial charge in [0.15, 0.2) is 0 Å². The Hall–Kier alpha value is -1.08. The van der Waals surface area contributed by atoms with Gasteiger partial charge in [-0.05, 0) is 20.3 Å². The molecule has 3 N–H and O–H groups in total. The molecule has 0 saturated heterocycles. The molecule has 0 fully saturated rings. The number of anilines is 1. The maximum Gasteiger partial charge on any atom is 0.264 e. The number of aryl methyl sites for hydroxylation is 2. The molecular formula is C8H15N3O3S. The van der Waals surface area contributed by atoms with Gasteiger partial charge in [-0.1, -0.05) is 0 Å². The smallest absolute Gasteiger partial charge is 0.264 e. The Morgan fingerprint density at radius 3 is 2.47 bits per heavy atom. The monoisotopic (exact) mass is 233 g/mol. The first kappa shape index (κ1) is 12.0. The summed E-state index contributed by atoms with van der Waals surface area (Å²) in [6, 6.07) is 0. The number of nitrogen functional groups attached to an aromatic ring is 1. The van der Waals surface area contributed by atoms with E-state index in [1.54, 1.807) is 11.6 Å². The Morgan fingerprint density at radius 2 is 2.07 bits per heavy atom. The fourth-order valence-corrected chi connectivity index (χ4v) is 1.82. The molecule has 1 rings (SSSR count). The third kappa shape index (κ3) is 3.21. The zero-order valence-electron chi connectivity index (χ0n) is 8.77. The van der Waals surface area contributed by atoms with E-state index in [-0.39, 0.29) is 5.75 Å². The van der Waals surface area contributed by atoms with Crippen LogP contribution in [-0.2, 0) is 16.7 Å². The van der Waals surface area contributed by atoms with Crippen molar-refractivity contribution in [3.63, 3.8) is 0 Å². The van der Waals surface area contributed by atoms with Crippen molar-refractivity contribution in [1.29, 1.82) is 0 Å². The van der Waals surface area contributed by atoms with Crippen molar-refractivity contribution in [3.05, 3.63) is 11.4 Å². The van der Waals surface area contributed by atoms with Crippen molar-refractivity contribution < 1.29 is 13.0 Å². The maximum atomic E-state index is 10.5. The molecule has 0 amide bonds. The minimum atomic E-state index is -3.88. The van der Waals surface area contributed by atoms with Crippen molar-refractivity contribution >= 4 is 15.8 Å². The van der Waals surface area contributed by atoms with Gasteiger partial charge in [0.1, 0.15) is 0 Å². The van der Waals surface area contributed by atoms with Gasteiger partial charge in [-0.15, -0.1) is 0 Å². The number of nitrogens with two attached hydrogens (primary N) is 1. The van der Waals surface area contributed by atoms with Gasteiger partial charge in [-0.3, -0.25) is 9.23 Å². The molecule has 7 heteroatoms. The summed E-state index contributed by atoms with van der Waals surface area (Å²) < 4.78 is 31.2. The van der Waals surface area contributed by atoms with Crippen LogP contribution < -0.4 is 5.73 Å². The lowest BCUT2D eigenvalue weighted by Gasteiger charge is -2.02. The summed E-state index contributed by atoms with van der Waals surface area (Å²) in [5.41, 5.74) is 7.89. The van der Waals surface area contributed by atoms with E-state index in [2.05, 4.69) is 5.10 Å². The first-order chi connectivity index (χ1) is 6.81. The highest BCUT2D eigenvalue weighted by molar-refractivity contribution is 7.85. The molecule has 0 atom stereocenters. The van der Waals surface area contributed by atoms with E-state index in [4.69, 9.17) is 10.3 Å². The molecular weight excluding hydrogens is 218 g/mol. The molecule has 1 heterocycles. The molecule has 0 aromatic carbocycles. The summed E-state index contributed by atoms with van der Waals surface area (Å²) in [6.07, 6.45) is 0.320. The standard InChI is InChI=1S/C8H15N3O3S/c1-6-8(9)7(2)11(10-6)4-3-5-15(12,13)14/h3-5,9H2,1-2H3,(H,12,13,14). The number of aromatic nitrogens is 2. The third-order valence-electron chi connectivity index (χ3n) is 2.21. The minimum absolute atomic E-state index is 0.259. The second kappa shape index (κ2) is 4.19. The molecule has 0 aliphatic carbocycles. The Labute approximate surface area is 88.8 Å². The van der Waals surface area contributed by atoms with Crippen LogP contribution >= 0.6 is 0 Å². The Morgan fingerprint density at radius 1 is 1.47 bits per heavy atom. The maximum absolute atomic E-state index is 10.5. The second-order valence-electron chi connectivity index (χ2n) is 3.45. The molecule has 1 aromatic heterocycles. The molecule has 0 radical (unpaired) electrons. The number of rotatable bonds is 4. The normalized spacial score (nSPS) is 11.9. The first-order valence-corrected chi connectivity index (χ1v) is 6.17. The molecule has 0 aliphatic rings. The molecule has 0 bridgehead atoms. The summed E-state index contributed by atoms with van der Waals surface area (Å²) in [5.74, 6) is -0.259. The number of nitrogens with zero attached hydrogens (tertiary/aromatic N) is 2. The van der Waals surface area contributed by atoms with E-state index in [1.165, 1.54) is 0 Å². The molecule has 0 spiro atoms. The summed E-state index contributed by atoms with van der Waals surface area (Å²) >= 11 is 0. The topological polar surface area (TPSA) is 98.2 Å². The molecule has 0 aliphatic heterocycles. The van der Waals surface area contributed by atoms with Crippen molar-refractivity contribution in [2.45, 2.75) is 26.8 Å². The van der Waals surface area contributed by atoms with Gasteiger partial charge in [-0.2, -0.15) is 13.5 Å². The molecule has 86 valence electrons. The van der Waals surface area contributed by atoms with Gasteiger partial charge < -0.3 is 5.73 Å². The second-order valence-corrected chi connectivity index (χ2v) is 5.02. The summed E-state index contributed by atoms with van der Waals surface area (Å²) in [6.45, 7) is 4.05. The molecule has 6 nitrogen and oxygen atoms in total. The summed E-state index contributed by atoms with van der Waals surface area (Å²) in [5, 5.41) is 4.14. The lowest BCUT2D eigenvalue weighted by molar-refractivity contribution is 0.475. The predicted molar refractivity (Wildman–Crippen MR) is 57.1 cm³/mol. The SMILES string of the molecule is Cc1nn(CCCS(=O)(=O)O)c(C)c1N. The largest absolute Gasteiger partial charge is 0.396 e. The average molecular weight is 233 g/mol. The van der Waals surface area contributed by atoms with Crippen LogP contribution in [0.5, 0.6) is 0 Å². The van der Waals surface area contributed by atoms with E-state index in [0.29, 0.717) is 18.7 Å². The van der Waals surface area contributed by atoms with Gasteiger partial charge >= 0.3 is 0 Å². The van der Waals surface area contributed by atoms with Gasteiger partial charge in [0, 0.05) is 6.54 Å². The van der Waals surface area contributed by atoms with Crippen LogP contribution in [-0.4, -0.2) is 28.5 Å². The highest BCUT2D eigenvalue weighted by Crippen LogP contribution is 2.14. The van der Waals surface area contributed by atoms with E-state index in [9.17, 15) is 8.42 Å². The van der Waals surface area contributed by atoms with Crippen LogP contribution in [0.4, 0.5) is 5.69 Å². The van der Waals surface area contributed by atoms with Crippen LogP contribution in [0.25, 0.3) is 0 Å². The third-order valence-corrected chi connectivity index (χ3v) is 3.01. The number of hydrogen-bond donors (Lipinski definition) is 2. The quantitative estimate of drug-likeness (QED) is 0.732. The average Bonchev–Trinajstić information content (AvgIpc) is 2.32. The summed E-state index contributed by atoms with van der Waals surface area (Å²) in [7, 11) is -3.88. The molecule has 15 heavy (non-hydrogen) atoms. The van der Waals surface area contributed by atoms with Crippen LogP contribution in [0.3, 0.4) is 0 Å². The zero-order valence-corrected chi connectivity index (χ0v) is 9.58. The lowest BCUT2D eigenvalue weighted by atomic mass is 10.3. The fourth-order valence-electron chi connectivity index (χ4n) is 1.33. The molecule has 0 saturated carbocycles. The van der Waals surface area contributed by atoms with Gasteiger partial charge in [-0.25, -0.2) is 0 Å². The highest BCUT2D eigenvalue weighted by Gasteiger charge is 2.09. The highest BCUT2D eigenvalue weighted by atomic mass is 32.2. The first-order valence-electron chi connectivity index (χ1n) is 4.56. The van der Waals surface area contributed by atoms with E-state index in [1.807, 2.05) is 6.92 Å². The predicted octanol–water partition coefficient (Wildman–Crippen LogP) is 0.360. The summed E-state index contributed by atoms with van der Waals surface area (Å²) in [4.78, 5) is 0. The van der Waals surface area contributed by atoms with Crippen molar-refractivity contribution in [3.8, 4) is 0 Å². The van der Waals surface area contributed by atoms with Crippen LogP contribution in [0.2, 0.25) is 0 Å². The molecule has 0 unspecified atom stereocenters. The Kier molecular flexibility index (Phi) is 3.35. The van der Waals surface area contributed by atoms with Crippen molar-refractivity contribution in [2.24, 2.45) is 0 Å². The van der Waals surface area contributed by atoms with Crippen molar-refractivity contribution in [1.82, 2.24) is 9.78 Å². The zero-order chi connectivity index (χ0) is 11.6. The minimum Gasteiger partial charge on any atom is -0.396 e. The van der Waals surface area contributed by atoms with E-state index in [0.717, 1.165) is 11.4 Å². The van der Waals surface area contributed by atoms with Crippen molar-refractivity contribution in [2.75, 3.05) is 11.5 Å². The lowest BCUT2D eigenvalue weighted by Crippen LogP contribution is -2.10. The van der Waals surface area contributed by atoms with Gasteiger partial charge in [0.2, 0.25) is 0 Å².